The molecule has 10 heteroatoms. The molecule has 8 nitrogen and oxygen atoms in total. The average Bonchev–Trinajstić information content (AvgIpc) is 3.37. The van der Waals surface area contributed by atoms with Crippen molar-refractivity contribution in [2.75, 3.05) is 5.32 Å². The highest BCUT2D eigenvalue weighted by atomic mass is 19.1. The van der Waals surface area contributed by atoms with Crippen LogP contribution >= 0.6 is 0 Å². The Morgan fingerprint density at radius 2 is 1.79 bits per heavy atom. The van der Waals surface area contributed by atoms with Gasteiger partial charge in [-0.1, -0.05) is 17.7 Å². The van der Waals surface area contributed by atoms with Gasteiger partial charge in [-0.2, -0.15) is 14.9 Å². The van der Waals surface area contributed by atoms with E-state index in [0.29, 0.717) is 28.6 Å². The number of carbonyl (C=O) groups excluding carboxylic acids is 1. The highest BCUT2D eigenvalue weighted by molar-refractivity contribution is 6.04. The van der Waals surface area contributed by atoms with Gasteiger partial charge in [-0.15, -0.1) is 0 Å². The van der Waals surface area contributed by atoms with E-state index in [4.69, 9.17) is 0 Å². The van der Waals surface area contributed by atoms with Gasteiger partial charge in [-0.25, -0.2) is 23.4 Å². The Kier molecular flexibility index (Phi) is 5.12. The van der Waals surface area contributed by atoms with Crippen molar-refractivity contribution in [1.29, 1.82) is 0 Å². The first kappa shape index (κ1) is 21.4. The molecule has 3 heterocycles. The number of anilines is 1. The van der Waals surface area contributed by atoms with Gasteiger partial charge in [0.1, 0.15) is 23.8 Å². The highest BCUT2D eigenvalue weighted by Crippen LogP contribution is 2.26. The van der Waals surface area contributed by atoms with Crippen molar-refractivity contribution in [3.63, 3.8) is 0 Å². The Balaban J connectivity index is 1.58. The molecule has 0 radical (unpaired) electrons. The van der Waals surface area contributed by atoms with Crippen LogP contribution in [0.4, 0.5) is 14.6 Å². The second-order valence-electron chi connectivity index (χ2n) is 7.94. The molecule has 5 aromatic rings. The van der Waals surface area contributed by atoms with Gasteiger partial charge in [0.05, 0.1) is 28.5 Å². The topological polar surface area (TPSA) is 90.5 Å². The first-order valence-electron chi connectivity index (χ1n) is 10.4. The molecule has 0 fully saturated rings. The number of carbonyl (C=O) groups is 1. The number of hydrogen-bond acceptors (Lipinski definition) is 5. The van der Waals surface area contributed by atoms with Gasteiger partial charge >= 0.3 is 0 Å². The summed E-state index contributed by atoms with van der Waals surface area (Å²) in [4.78, 5) is 21.5. The zero-order valence-corrected chi connectivity index (χ0v) is 18.5. The molecule has 170 valence electrons. The van der Waals surface area contributed by atoms with Crippen molar-refractivity contribution in [1.82, 2.24) is 29.5 Å². The van der Waals surface area contributed by atoms with Crippen molar-refractivity contribution in [3.8, 4) is 11.5 Å². The number of nitrogens with zero attached hydrogens (tertiary/aromatic N) is 6. The van der Waals surface area contributed by atoms with Gasteiger partial charge in [0.25, 0.3) is 5.91 Å². The number of benzene rings is 2. The van der Waals surface area contributed by atoms with E-state index >= 15 is 0 Å². The number of aryl methyl sites for hydroxylation is 3. The maximum atomic E-state index is 14.1. The largest absolute Gasteiger partial charge is 0.306 e. The Morgan fingerprint density at radius 1 is 0.971 bits per heavy atom. The van der Waals surface area contributed by atoms with E-state index in [1.807, 2.05) is 26.0 Å². The maximum Gasteiger partial charge on any atom is 0.259 e. The number of aromatic nitrogens is 6. The number of fused-ring (bicyclic) bond motifs is 1. The van der Waals surface area contributed by atoms with Crippen molar-refractivity contribution in [3.05, 3.63) is 89.0 Å². The van der Waals surface area contributed by atoms with E-state index in [-0.39, 0.29) is 11.4 Å². The van der Waals surface area contributed by atoms with Gasteiger partial charge in [0.2, 0.25) is 0 Å². The van der Waals surface area contributed by atoms with Crippen LogP contribution in [0.5, 0.6) is 0 Å². The molecule has 0 saturated carbocycles. The molecule has 3 aromatic heterocycles. The Morgan fingerprint density at radius 3 is 2.56 bits per heavy atom. The predicted octanol–water partition coefficient (Wildman–Crippen LogP) is 4.46. The third-order valence-electron chi connectivity index (χ3n) is 5.37. The van der Waals surface area contributed by atoms with E-state index < -0.39 is 17.5 Å². The summed E-state index contributed by atoms with van der Waals surface area (Å²) < 4.78 is 30.5. The summed E-state index contributed by atoms with van der Waals surface area (Å²) in [5, 5.41) is 12.2. The SMILES string of the molecule is Cc1ccc(-n2ncc3c(-n4nc(C)cc4NC(=O)c4ccc(F)cc4F)ncnc32)c(C)c1. The van der Waals surface area contributed by atoms with Gasteiger partial charge in [0.15, 0.2) is 11.5 Å². The van der Waals surface area contributed by atoms with Crippen LogP contribution < -0.4 is 5.32 Å². The van der Waals surface area contributed by atoms with Crippen molar-refractivity contribution in [2.24, 2.45) is 0 Å². The van der Waals surface area contributed by atoms with Crippen molar-refractivity contribution < 1.29 is 13.6 Å². The van der Waals surface area contributed by atoms with E-state index in [1.54, 1.807) is 23.9 Å². The standard InChI is InChI=1S/C24H19F2N7O/c1-13-4-7-20(14(2)8-13)32-22-18(11-29-32)23(28-12-27-22)33-21(9-15(3)31-33)30-24(34)17-6-5-16(25)10-19(17)26/h4-12H,1-3H3,(H,30,34). The summed E-state index contributed by atoms with van der Waals surface area (Å²) in [5.74, 6) is -1.80. The Bertz CT molecular complexity index is 1570. The van der Waals surface area contributed by atoms with E-state index in [2.05, 4.69) is 31.5 Å². The number of rotatable bonds is 4. The fraction of sp³-hybridized carbons (Fsp3) is 0.125. The summed E-state index contributed by atoms with van der Waals surface area (Å²) in [6.45, 7) is 5.77. The van der Waals surface area contributed by atoms with Crippen LogP contribution in [0.2, 0.25) is 0 Å². The molecule has 5 rings (SSSR count). The van der Waals surface area contributed by atoms with Crippen LogP contribution in [0.15, 0.2) is 55.0 Å². The van der Waals surface area contributed by atoms with Crippen LogP contribution in [0.3, 0.4) is 0 Å². The molecular formula is C24H19F2N7O. The maximum absolute atomic E-state index is 14.1. The summed E-state index contributed by atoms with van der Waals surface area (Å²) in [6.07, 6.45) is 3.02. The molecule has 1 N–H and O–H groups in total. The van der Waals surface area contributed by atoms with Gasteiger partial charge in [-0.3, -0.25) is 4.79 Å². The molecule has 0 bridgehead atoms. The minimum Gasteiger partial charge on any atom is -0.306 e. The fourth-order valence-corrected chi connectivity index (χ4v) is 3.83. The quantitative estimate of drug-likeness (QED) is 0.429. The number of halogens is 2. The van der Waals surface area contributed by atoms with Gasteiger partial charge < -0.3 is 5.32 Å². The monoisotopic (exact) mass is 459 g/mol. The predicted molar refractivity (Wildman–Crippen MR) is 122 cm³/mol. The lowest BCUT2D eigenvalue weighted by Gasteiger charge is -2.10. The molecule has 34 heavy (non-hydrogen) atoms. The fourth-order valence-electron chi connectivity index (χ4n) is 3.83. The zero-order valence-electron chi connectivity index (χ0n) is 18.5. The minimum absolute atomic E-state index is 0.269. The lowest BCUT2D eigenvalue weighted by molar-refractivity contribution is 0.102. The number of amides is 1. The van der Waals surface area contributed by atoms with E-state index in [1.165, 1.54) is 11.0 Å². The first-order chi connectivity index (χ1) is 16.3. The molecule has 0 atom stereocenters. The molecule has 0 aliphatic carbocycles. The second kappa shape index (κ2) is 8.14. The van der Waals surface area contributed by atoms with Crippen molar-refractivity contribution in [2.45, 2.75) is 20.8 Å². The lowest BCUT2D eigenvalue weighted by atomic mass is 10.1. The van der Waals surface area contributed by atoms with E-state index in [9.17, 15) is 13.6 Å². The van der Waals surface area contributed by atoms with Gasteiger partial charge in [0, 0.05) is 12.1 Å². The molecule has 0 spiro atoms. The number of nitrogens with one attached hydrogen (secondary N) is 1. The summed E-state index contributed by atoms with van der Waals surface area (Å²) in [5.41, 5.74) is 3.92. The van der Waals surface area contributed by atoms with Crippen LogP contribution in [-0.4, -0.2) is 35.4 Å². The summed E-state index contributed by atoms with van der Waals surface area (Å²) in [7, 11) is 0. The lowest BCUT2D eigenvalue weighted by Crippen LogP contribution is -2.17. The number of hydrogen-bond donors (Lipinski definition) is 1. The molecule has 0 saturated heterocycles. The average molecular weight is 459 g/mol. The smallest absolute Gasteiger partial charge is 0.259 e. The molecule has 0 aliphatic heterocycles. The van der Waals surface area contributed by atoms with Crippen LogP contribution in [-0.2, 0) is 0 Å². The third-order valence-corrected chi connectivity index (χ3v) is 5.37. The van der Waals surface area contributed by atoms with Crippen molar-refractivity contribution >= 4 is 22.8 Å². The second-order valence-corrected chi connectivity index (χ2v) is 7.94. The first-order valence-corrected chi connectivity index (χ1v) is 10.4. The third kappa shape index (κ3) is 3.68. The molecule has 1 amide bonds. The van der Waals surface area contributed by atoms with Crippen LogP contribution in [0.1, 0.15) is 27.2 Å². The molecule has 2 aromatic carbocycles. The highest BCUT2D eigenvalue weighted by Gasteiger charge is 2.20. The molecule has 0 aliphatic rings. The normalized spacial score (nSPS) is 11.2. The van der Waals surface area contributed by atoms with Gasteiger partial charge in [-0.05, 0) is 44.5 Å². The van der Waals surface area contributed by atoms with Crippen LogP contribution in [0.25, 0.3) is 22.5 Å². The molecule has 0 unspecified atom stereocenters. The summed E-state index contributed by atoms with van der Waals surface area (Å²) in [6, 6.07) is 10.4. The zero-order chi connectivity index (χ0) is 24.0. The Labute approximate surface area is 192 Å². The van der Waals surface area contributed by atoms with Crippen LogP contribution in [0, 0.1) is 32.4 Å². The molecular weight excluding hydrogens is 440 g/mol. The summed E-state index contributed by atoms with van der Waals surface area (Å²) >= 11 is 0. The minimum atomic E-state index is -0.959. The Hall–Kier alpha value is -4.47. The van der Waals surface area contributed by atoms with E-state index in [0.717, 1.165) is 28.9 Å².